The van der Waals surface area contributed by atoms with E-state index in [0.29, 0.717) is 13.0 Å². The molecule has 4 heteroatoms. The lowest BCUT2D eigenvalue weighted by atomic mass is 9.59. The predicted molar refractivity (Wildman–Crippen MR) is 68.0 cm³/mol. The molecule has 3 aliphatic heterocycles. The first-order valence-electron chi connectivity index (χ1n) is 7.70. The largest absolute Gasteiger partial charge is 0.372 e. The summed E-state index contributed by atoms with van der Waals surface area (Å²) in [6.45, 7) is 2.23. The molecular formula is C15H22O4. The van der Waals surface area contributed by atoms with Crippen LogP contribution in [0.25, 0.3) is 0 Å². The number of ketones is 1. The number of carbonyl (C=O) groups excluding carboxylic acids is 1. The Morgan fingerprint density at radius 1 is 0.789 bits per heavy atom. The van der Waals surface area contributed by atoms with Gasteiger partial charge in [0.15, 0.2) is 11.4 Å². The molecule has 0 radical (unpaired) electrons. The first kappa shape index (κ1) is 12.3. The molecule has 0 unspecified atom stereocenters. The van der Waals surface area contributed by atoms with Crippen LogP contribution < -0.4 is 0 Å². The molecule has 0 N–H and O–H groups in total. The second kappa shape index (κ2) is 4.03. The smallest absolute Gasteiger partial charge is 0.167 e. The molecule has 0 aromatic carbocycles. The number of fused-ring (bicyclic) bond motifs is 2. The van der Waals surface area contributed by atoms with Gasteiger partial charge in [-0.3, -0.25) is 4.79 Å². The van der Waals surface area contributed by atoms with Gasteiger partial charge >= 0.3 is 0 Å². The highest BCUT2D eigenvalue weighted by molar-refractivity contribution is 5.91. The second-order valence-corrected chi connectivity index (χ2v) is 6.43. The van der Waals surface area contributed by atoms with E-state index in [-0.39, 0.29) is 11.4 Å². The molecule has 1 aliphatic carbocycles. The third-order valence-corrected chi connectivity index (χ3v) is 5.74. The number of carbonyl (C=O) groups is 1. The Labute approximate surface area is 113 Å². The minimum atomic E-state index is -0.702. The molecular weight excluding hydrogens is 244 g/mol. The molecule has 19 heavy (non-hydrogen) atoms. The van der Waals surface area contributed by atoms with Crippen LogP contribution in [0.2, 0.25) is 0 Å². The first-order valence-corrected chi connectivity index (χ1v) is 7.70. The van der Waals surface area contributed by atoms with Gasteiger partial charge in [0, 0.05) is 26.2 Å². The summed E-state index contributed by atoms with van der Waals surface area (Å²) in [5.41, 5.74) is -1.46. The molecule has 4 aliphatic rings. The lowest BCUT2D eigenvalue weighted by Crippen LogP contribution is -2.72. The maximum atomic E-state index is 12.7. The van der Waals surface area contributed by atoms with Gasteiger partial charge in [0.25, 0.3) is 0 Å². The van der Waals surface area contributed by atoms with Crippen LogP contribution >= 0.6 is 0 Å². The van der Waals surface area contributed by atoms with Crippen LogP contribution in [0.3, 0.4) is 0 Å². The van der Waals surface area contributed by atoms with Crippen LogP contribution in [-0.4, -0.2) is 42.4 Å². The van der Waals surface area contributed by atoms with Crippen molar-refractivity contribution in [2.45, 2.75) is 68.2 Å². The molecule has 3 atom stereocenters. The molecule has 4 rings (SSSR count). The number of hydrogen-bond donors (Lipinski definition) is 0. The van der Waals surface area contributed by atoms with Crippen molar-refractivity contribution in [2.24, 2.45) is 0 Å². The molecule has 0 amide bonds. The topological polar surface area (TPSA) is 44.8 Å². The van der Waals surface area contributed by atoms with Gasteiger partial charge in [0.1, 0.15) is 11.2 Å². The highest BCUT2D eigenvalue weighted by Gasteiger charge is 2.73. The lowest BCUT2D eigenvalue weighted by Gasteiger charge is -2.56. The molecule has 1 saturated carbocycles. The predicted octanol–water partition coefficient (Wildman–Crippen LogP) is 2.00. The third-order valence-electron chi connectivity index (χ3n) is 5.74. The zero-order chi connectivity index (χ0) is 13.0. The van der Waals surface area contributed by atoms with Crippen molar-refractivity contribution in [3.8, 4) is 0 Å². The molecule has 0 aromatic rings. The molecule has 4 fully saturated rings. The summed E-state index contributed by atoms with van der Waals surface area (Å²) in [6.07, 6.45) is 7.22. The van der Waals surface area contributed by atoms with Crippen LogP contribution in [0.5, 0.6) is 0 Å². The number of rotatable bonds is 0. The van der Waals surface area contributed by atoms with Crippen molar-refractivity contribution in [1.82, 2.24) is 0 Å². The molecule has 3 spiro atoms. The van der Waals surface area contributed by atoms with E-state index in [1.54, 1.807) is 0 Å². The Morgan fingerprint density at radius 2 is 1.53 bits per heavy atom. The fourth-order valence-corrected chi connectivity index (χ4v) is 5.02. The van der Waals surface area contributed by atoms with E-state index in [0.717, 1.165) is 58.2 Å². The minimum absolute atomic E-state index is 0.257. The Balaban J connectivity index is 1.85. The summed E-state index contributed by atoms with van der Waals surface area (Å²) in [5, 5.41) is 0. The summed E-state index contributed by atoms with van der Waals surface area (Å²) in [6, 6.07) is 0. The van der Waals surface area contributed by atoms with Gasteiger partial charge in [0.05, 0.1) is 0 Å². The zero-order valence-corrected chi connectivity index (χ0v) is 11.4. The van der Waals surface area contributed by atoms with Gasteiger partial charge in [-0.25, -0.2) is 0 Å². The van der Waals surface area contributed by atoms with Gasteiger partial charge in [-0.2, -0.15) is 0 Å². The van der Waals surface area contributed by atoms with Crippen LogP contribution in [0, 0.1) is 0 Å². The fraction of sp³-hybridized carbons (Fsp3) is 0.933. The van der Waals surface area contributed by atoms with Crippen LogP contribution in [0.1, 0.15) is 51.4 Å². The average molecular weight is 266 g/mol. The van der Waals surface area contributed by atoms with Crippen molar-refractivity contribution >= 4 is 5.78 Å². The highest BCUT2D eigenvalue weighted by atomic mass is 16.6. The zero-order valence-electron chi connectivity index (χ0n) is 11.4. The van der Waals surface area contributed by atoms with Gasteiger partial charge < -0.3 is 14.2 Å². The van der Waals surface area contributed by atoms with Gasteiger partial charge in [-0.15, -0.1) is 0 Å². The van der Waals surface area contributed by atoms with Crippen molar-refractivity contribution in [3.63, 3.8) is 0 Å². The standard InChI is InChI=1S/C15H22O4/c16-12-4-8-13(5-1-9-17-13)15(7-3-11-19-15)14(12)6-2-10-18-14/h1-11H2/t13-,14+,15-/m0/s1. The monoisotopic (exact) mass is 266 g/mol. The van der Waals surface area contributed by atoms with Gasteiger partial charge in [0.2, 0.25) is 0 Å². The maximum Gasteiger partial charge on any atom is 0.167 e. The highest BCUT2D eigenvalue weighted by Crippen LogP contribution is 2.59. The molecule has 0 aromatic heterocycles. The summed E-state index contributed by atoms with van der Waals surface area (Å²) in [7, 11) is 0. The fourth-order valence-electron chi connectivity index (χ4n) is 5.02. The van der Waals surface area contributed by atoms with Crippen LogP contribution in [0.15, 0.2) is 0 Å². The lowest BCUT2D eigenvalue weighted by molar-refractivity contribution is -0.262. The summed E-state index contributed by atoms with van der Waals surface area (Å²) in [5.74, 6) is 0.257. The summed E-state index contributed by atoms with van der Waals surface area (Å²) >= 11 is 0. The van der Waals surface area contributed by atoms with E-state index in [9.17, 15) is 4.79 Å². The van der Waals surface area contributed by atoms with Gasteiger partial charge in [-0.1, -0.05) is 0 Å². The minimum Gasteiger partial charge on any atom is -0.372 e. The van der Waals surface area contributed by atoms with E-state index in [1.807, 2.05) is 0 Å². The molecule has 3 saturated heterocycles. The number of Topliss-reactive ketones (excluding diaryl/α,β-unsaturated/α-hetero) is 1. The molecule has 3 heterocycles. The Hall–Kier alpha value is -0.450. The number of ether oxygens (including phenoxy) is 3. The van der Waals surface area contributed by atoms with E-state index in [2.05, 4.69) is 0 Å². The summed E-state index contributed by atoms with van der Waals surface area (Å²) < 4.78 is 18.5. The van der Waals surface area contributed by atoms with Crippen LogP contribution in [0.4, 0.5) is 0 Å². The Morgan fingerprint density at radius 3 is 2.16 bits per heavy atom. The normalized spacial score (nSPS) is 50.0. The molecule has 4 nitrogen and oxygen atoms in total. The van der Waals surface area contributed by atoms with E-state index < -0.39 is 11.2 Å². The van der Waals surface area contributed by atoms with Crippen LogP contribution in [-0.2, 0) is 19.0 Å². The quantitative estimate of drug-likeness (QED) is 0.672. The number of hydrogen-bond acceptors (Lipinski definition) is 4. The SMILES string of the molecule is O=C1CC[C@@]2(CCCO2)[C@@]2(CCCO2)[C@@]12CCCO2. The van der Waals surface area contributed by atoms with E-state index in [1.165, 1.54) is 0 Å². The molecule has 106 valence electrons. The third kappa shape index (κ3) is 1.33. The second-order valence-electron chi connectivity index (χ2n) is 6.43. The summed E-state index contributed by atoms with van der Waals surface area (Å²) in [4.78, 5) is 12.7. The van der Waals surface area contributed by atoms with Crippen molar-refractivity contribution < 1.29 is 19.0 Å². The van der Waals surface area contributed by atoms with Crippen molar-refractivity contribution in [3.05, 3.63) is 0 Å². The molecule has 0 bridgehead atoms. The Kier molecular flexibility index (Phi) is 2.61. The first-order chi connectivity index (χ1) is 9.25. The van der Waals surface area contributed by atoms with E-state index >= 15 is 0 Å². The van der Waals surface area contributed by atoms with Crippen molar-refractivity contribution in [1.29, 1.82) is 0 Å². The Bertz CT molecular complexity index is 385. The van der Waals surface area contributed by atoms with Crippen molar-refractivity contribution in [2.75, 3.05) is 19.8 Å². The average Bonchev–Trinajstić information content (AvgIpc) is 3.13. The van der Waals surface area contributed by atoms with Gasteiger partial charge in [-0.05, 0) is 44.9 Å². The van der Waals surface area contributed by atoms with E-state index in [4.69, 9.17) is 14.2 Å². The maximum absolute atomic E-state index is 12.7.